The maximum absolute atomic E-state index is 13.6. The topological polar surface area (TPSA) is 29.5 Å². The zero-order valence-corrected chi connectivity index (χ0v) is 9.32. The van der Waals surface area contributed by atoms with Crippen LogP contribution < -0.4 is 0 Å². The van der Waals surface area contributed by atoms with E-state index in [0.717, 1.165) is 0 Å². The first kappa shape index (κ1) is 13.3. The van der Waals surface area contributed by atoms with E-state index in [1.165, 1.54) is 18.2 Å². The zero-order valence-electron chi connectivity index (χ0n) is 9.32. The van der Waals surface area contributed by atoms with Crippen LogP contribution in [-0.4, -0.2) is 30.6 Å². The molecule has 0 bridgehead atoms. The molecule has 1 aliphatic rings. The molecule has 1 fully saturated rings. The molecule has 100 valence electrons. The minimum absolute atomic E-state index is 0.156. The Kier molecular flexibility index (Phi) is 3.59. The van der Waals surface area contributed by atoms with E-state index in [9.17, 15) is 17.6 Å². The highest BCUT2D eigenvalue weighted by atomic mass is 19.4. The monoisotopic (exact) mass is 264 g/mol. The van der Waals surface area contributed by atoms with Gasteiger partial charge in [0, 0.05) is 18.4 Å². The third-order valence-corrected chi connectivity index (χ3v) is 3.20. The lowest BCUT2D eigenvalue weighted by atomic mass is 9.85. The van der Waals surface area contributed by atoms with Crippen LogP contribution in [0.15, 0.2) is 24.3 Å². The van der Waals surface area contributed by atoms with Crippen molar-refractivity contribution in [1.29, 1.82) is 0 Å². The lowest BCUT2D eigenvalue weighted by molar-refractivity contribution is -0.218. The minimum Gasteiger partial charge on any atom is -0.396 e. The second kappa shape index (κ2) is 4.85. The van der Waals surface area contributed by atoms with Crippen molar-refractivity contribution in [3.05, 3.63) is 35.6 Å². The predicted octanol–water partition coefficient (Wildman–Crippen LogP) is 2.48. The van der Waals surface area contributed by atoms with Gasteiger partial charge in [0.15, 0.2) is 6.10 Å². The van der Waals surface area contributed by atoms with Gasteiger partial charge < -0.3 is 9.84 Å². The van der Waals surface area contributed by atoms with Crippen molar-refractivity contribution in [3.63, 3.8) is 0 Å². The molecule has 3 unspecified atom stereocenters. The van der Waals surface area contributed by atoms with Gasteiger partial charge in [-0.25, -0.2) is 4.39 Å². The molecule has 0 saturated carbocycles. The molecule has 0 aromatic heterocycles. The average molecular weight is 264 g/mol. The molecule has 1 aliphatic heterocycles. The van der Waals surface area contributed by atoms with E-state index in [1.807, 2.05) is 0 Å². The van der Waals surface area contributed by atoms with Gasteiger partial charge in [-0.2, -0.15) is 13.2 Å². The lowest BCUT2D eigenvalue weighted by Crippen LogP contribution is -2.36. The van der Waals surface area contributed by atoms with Crippen LogP contribution in [-0.2, 0) is 4.74 Å². The van der Waals surface area contributed by atoms with E-state index in [4.69, 9.17) is 9.84 Å². The molecule has 2 nitrogen and oxygen atoms in total. The number of hydrogen-bond donors (Lipinski definition) is 1. The van der Waals surface area contributed by atoms with Gasteiger partial charge in [0.25, 0.3) is 0 Å². The van der Waals surface area contributed by atoms with Gasteiger partial charge in [0.05, 0.1) is 6.61 Å². The molecule has 1 heterocycles. The summed E-state index contributed by atoms with van der Waals surface area (Å²) < 4.78 is 56.2. The number of aliphatic hydroxyl groups is 1. The number of halogens is 4. The van der Waals surface area contributed by atoms with Crippen LogP contribution in [0, 0.1) is 11.7 Å². The Hall–Kier alpha value is -1.14. The molecule has 1 N–H and O–H groups in total. The number of hydrogen-bond acceptors (Lipinski definition) is 2. The highest BCUT2D eigenvalue weighted by Gasteiger charge is 2.52. The molecule has 6 heteroatoms. The summed E-state index contributed by atoms with van der Waals surface area (Å²) in [6, 6.07) is 5.62. The molecule has 0 spiro atoms. The largest absolute Gasteiger partial charge is 0.415 e. The Morgan fingerprint density at radius 3 is 2.50 bits per heavy atom. The van der Waals surface area contributed by atoms with E-state index in [-0.39, 0.29) is 12.2 Å². The van der Waals surface area contributed by atoms with Gasteiger partial charge in [-0.05, 0) is 11.6 Å². The number of rotatable bonds is 2. The van der Waals surface area contributed by atoms with Gasteiger partial charge in [-0.15, -0.1) is 0 Å². The standard InChI is InChI=1S/C12H12F4O2/c13-10-4-2-1-3-7(10)9-6-18-11(8(9)5-17)12(14,15)16/h1-4,8-9,11,17H,5-6H2. The number of aliphatic hydroxyl groups excluding tert-OH is 1. The zero-order chi connectivity index (χ0) is 13.3. The number of alkyl halides is 3. The van der Waals surface area contributed by atoms with Gasteiger partial charge in [-0.3, -0.25) is 0 Å². The highest BCUT2D eigenvalue weighted by Crippen LogP contribution is 2.42. The second-order valence-corrected chi connectivity index (χ2v) is 4.27. The van der Waals surface area contributed by atoms with Crippen LogP contribution >= 0.6 is 0 Å². The van der Waals surface area contributed by atoms with E-state index in [1.54, 1.807) is 6.07 Å². The Bertz CT molecular complexity index is 419. The molecular weight excluding hydrogens is 252 g/mol. The molecule has 2 rings (SSSR count). The van der Waals surface area contributed by atoms with Gasteiger partial charge in [0.2, 0.25) is 0 Å². The Labute approximate surface area is 101 Å². The summed E-state index contributed by atoms with van der Waals surface area (Å²) in [5.74, 6) is -2.52. The third-order valence-electron chi connectivity index (χ3n) is 3.20. The van der Waals surface area contributed by atoms with Crippen LogP contribution in [0.1, 0.15) is 11.5 Å². The SMILES string of the molecule is OCC1C(c2ccccc2F)COC1C(F)(F)F. The van der Waals surface area contributed by atoms with Crippen LogP contribution in [0.5, 0.6) is 0 Å². The average Bonchev–Trinajstić information content (AvgIpc) is 2.72. The van der Waals surface area contributed by atoms with Crippen LogP contribution in [0.4, 0.5) is 17.6 Å². The van der Waals surface area contributed by atoms with Crippen molar-refractivity contribution in [2.24, 2.45) is 5.92 Å². The van der Waals surface area contributed by atoms with Crippen LogP contribution in [0.2, 0.25) is 0 Å². The molecule has 1 aromatic rings. The van der Waals surface area contributed by atoms with Crippen molar-refractivity contribution < 1.29 is 27.4 Å². The van der Waals surface area contributed by atoms with Crippen molar-refractivity contribution in [2.75, 3.05) is 13.2 Å². The maximum Gasteiger partial charge on any atom is 0.415 e. The Morgan fingerprint density at radius 1 is 1.28 bits per heavy atom. The van der Waals surface area contributed by atoms with E-state index in [2.05, 4.69) is 0 Å². The third kappa shape index (κ3) is 2.35. The summed E-state index contributed by atoms with van der Waals surface area (Å²) in [6.45, 7) is -0.931. The molecule has 1 saturated heterocycles. The van der Waals surface area contributed by atoms with Gasteiger partial charge in [-0.1, -0.05) is 18.2 Å². The van der Waals surface area contributed by atoms with Crippen molar-refractivity contribution in [3.8, 4) is 0 Å². The van der Waals surface area contributed by atoms with Crippen molar-refractivity contribution >= 4 is 0 Å². The Balaban J connectivity index is 2.29. The predicted molar refractivity (Wildman–Crippen MR) is 55.5 cm³/mol. The fourth-order valence-corrected chi connectivity index (χ4v) is 2.32. The Morgan fingerprint density at radius 2 is 1.94 bits per heavy atom. The minimum atomic E-state index is -4.55. The quantitative estimate of drug-likeness (QED) is 0.831. The molecule has 18 heavy (non-hydrogen) atoms. The summed E-state index contributed by atoms with van der Waals surface area (Å²) in [5, 5.41) is 9.12. The first-order valence-electron chi connectivity index (χ1n) is 5.48. The summed E-state index contributed by atoms with van der Waals surface area (Å²) in [6.07, 6.45) is -6.58. The molecule has 0 amide bonds. The molecule has 3 atom stereocenters. The molecular formula is C12H12F4O2. The summed E-state index contributed by atoms with van der Waals surface area (Å²) in [4.78, 5) is 0. The first-order chi connectivity index (χ1) is 8.45. The fraction of sp³-hybridized carbons (Fsp3) is 0.500. The molecule has 0 aliphatic carbocycles. The van der Waals surface area contributed by atoms with E-state index >= 15 is 0 Å². The van der Waals surface area contributed by atoms with Crippen LogP contribution in [0.3, 0.4) is 0 Å². The summed E-state index contributed by atoms with van der Waals surface area (Å²) in [5.41, 5.74) is 0.156. The maximum atomic E-state index is 13.6. The number of benzene rings is 1. The molecule has 1 aromatic carbocycles. The van der Waals surface area contributed by atoms with Gasteiger partial charge >= 0.3 is 6.18 Å². The van der Waals surface area contributed by atoms with E-state index in [0.29, 0.717) is 0 Å². The normalized spacial score (nSPS) is 28.6. The molecule has 0 radical (unpaired) electrons. The van der Waals surface area contributed by atoms with Crippen molar-refractivity contribution in [2.45, 2.75) is 18.2 Å². The summed E-state index contributed by atoms with van der Waals surface area (Å²) >= 11 is 0. The van der Waals surface area contributed by atoms with E-state index < -0.39 is 36.5 Å². The lowest BCUT2D eigenvalue weighted by Gasteiger charge is -2.23. The summed E-state index contributed by atoms with van der Waals surface area (Å²) in [7, 11) is 0. The number of ether oxygens (including phenoxy) is 1. The second-order valence-electron chi connectivity index (χ2n) is 4.27. The van der Waals surface area contributed by atoms with Crippen LogP contribution in [0.25, 0.3) is 0 Å². The highest BCUT2D eigenvalue weighted by molar-refractivity contribution is 5.24. The first-order valence-corrected chi connectivity index (χ1v) is 5.48. The fourth-order valence-electron chi connectivity index (χ4n) is 2.32. The smallest absolute Gasteiger partial charge is 0.396 e. The van der Waals surface area contributed by atoms with Gasteiger partial charge in [0.1, 0.15) is 5.82 Å². The van der Waals surface area contributed by atoms with Crippen molar-refractivity contribution in [1.82, 2.24) is 0 Å².